The summed E-state index contributed by atoms with van der Waals surface area (Å²) in [5, 5.41) is 4.40. The number of halogens is 1. The van der Waals surface area contributed by atoms with Crippen LogP contribution in [0.4, 0.5) is 5.82 Å². The molecule has 9 heteroatoms. The first-order chi connectivity index (χ1) is 14.5. The number of benzene rings is 1. The number of primary amides is 1. The van der Waals surface area contributed by atoms with Gasteiger partial charge >= 0.3 is 0 Å². The van der Waals surface area contributed by atoms with E-state index in [9.17, 15) is 4.79 Å². The number of nitrogens with two attached hydrogens (primary N) is 1. The van der Waals surface area contributed by atoms with Crippen LogP contribution in [0, 0.1) is 6.92 Å². The first kappa shape index (κ1) is 22.7. The first-order valence-corrected chi connectivity index (χ1v) is 10.1. The highest BCUT2D eigenvalue weighted by molar-refractivity contribution is 5.85. The molecule has 0 spiro atoms. The van der Waals surface area contributed by atoms with E-state index in [4.69, 9.17) is 5.73 Å². The van der Waals surface area contributed by atoms with Gasteiger partial charge < -0.3 is 10.6 Å². The molecule has 3 heterocycles. The molecule has 1 aliphatic heterocycles. The molecule has 1 amide bonds. The summed E-state index contributed by atoms with van der Waals surface area (Å²) in [5.74, 6) is 0.577. The van der Waals surface area contributed by atoms with Gasteiger partial charge in [-0.15, -0.1) is 12.4 Å². The Balaban J connectivity index is 0.00000272. The lowest BCUT2D eigenvalue weighted by atomic mass is 9.99. The lowest BCUT2D eigenvalue weighted by Crippen LogP contribution is -2.48. The highest BCUT2D eigenvalue weighted by Gasteiger charge is 2.29. The molecule has 1 saturated heterocycles. The number of piperazine rings is 1. The van der Waals surface area contributed by atoms with Gasteiger partial charge in [0.1, 0.15) is 5.82 Å². The molecule has 1 aromatic carbocycles. The van der Waals surface area contributed by atoms with Crippen molar-refractivity contribution < 1.29 is 4.79 Å². The van der Waals surface area contributed by atoms with Crippen LogP contribution in [0.15, 0.2) is 49.1 Å². The van der Waals surface area contributed by atoms with E-state index >= 15 is 0 Å². The lowest BCUT2D eigenvalue weighted by Gasteiger charge is -2.42. The molecule has 1 unspecified atom stereocenters. The number of aryl methyl sites for hydroxylation is 1. The molecular formula is C22H28ClN7O. The fourth-order valence-electron chi connectivity index (χ4n) is 3.97. The van der Waals surface area contributed by atoms with Crippen molar-refractivity contribution >= 4 is 24.1 Å². The molecule has 4 rings (SSSR count). The van der Waals surface area contributed by atoms with Crippen LogP contribution in [-0.2, 0) is 24.8 Å². The Bertz CT molecular complexity index is 1010. The van der Waals surface area contributed by atoms with E-state index < -0.39 is 0 Å². The summed E-state index contributed by atoms with van der Waals surface area (Å²) in [4.78, 5) is 24.7. The molecule has 2 aromatic heterocycles. The molecule has 1 atom stereocenters. The zero-order valence-corrected chi connectivity index (χ0v) is 18.6. The van der Waals surface area contributed by atoms with Gasteiger partial charge in [-0.3, -0.25) is 19.4 Å². The zero-order valence-electron chi connectivity index (χ0n) is 17.8. The monoisotopic (exact) mass is 441 g/mol. The summed E-state index contributed by atoms with van der Waals surface area (Å²) < 4.78 is 1.92. The second-order valence-electron chi connectivity index (χ2n) is 7.76. The molecule has 164 valence electrons. The predicted molar refractivity (Wildman–Crippen MR) is 122 cm³/mol. The molecule has 3 aromatic rings. The molecular weight excluding hydrogens is 414 g/mol. The lowest BCUT2D eigenvalue weighted by molar-refractivity contribution is -0.117. The number of carbonyl (C=O) groups excluding carboxylic acids is 1. The number of hydrogen-bond acceptors (Lipinski definition) is 6. The van der Waals surface area contributed by atoms with Crippen LogP contribution in [-0.4, -0.2) is 50.2 Å². The number of amides is 1. The van der Waals surface area contributed by atoms with Crippen molar-refractivity contribution in [2.75, 3.05) is 24.5 Å². The third-order valence-corrected chi connectivity index (χ3v) is 5.82. The Kier molecular flexibility index (Phi) is 7.25. The minimum Gasteiger partial charge on any atom is -0.369 e. The van der Waals surface area contributed by atoms with Crippen molar-refractivity contribution in [1.29, 1.82) is 0 Å². The summed E-state index contributed by atoms with van der Waals surface area (Å²) in [6.07, 6.45) is 7.45. The van der Waals surface area contributed by atoms with Crippen LogP contribution >= 0.6 is 12.4 Å². The van der Waals surface area contributed by atoms with E-state index in [1.807, 2.05) is 36.3 Å². The number of carbonyl (C=O) groups is 1. The maximum Gasteiger partial charge on any atom is 0.221 e. The average Bonchev–Trinajstić information content (AvgIpc) is 3.07. The number of anilines is 1. The Hall–Kier alpha value is -2.97. The zero-order chi connectivity index (χ0) is 21.1. The molecule has 1 fully saturated rings. The van der Waals surface area contributed by atoms with Gasteiger partial charge in [0.25, 0.3) is 0 Å². The predicted octanol–water partition coefficient (Wildman–Crippen LogP) is 2.03. The van der Waals surface area contributed by atoms with Gasteiger partial charge in [-0.1, -0.05) is 24.3 Å². The van der Waals surface area contributed by atoms with Crippen molar-refractivity contribution in [3.63, 3.8) is 0 Å². The Morgan fingerprint density at radius 3 is 2.55 bits per heavy atom. The summed E-state index contributed by atoms with van der Waals surface area (Å²) in [6, 6.07) is 8.38. The van der Waals surface area contributed by atoms with Gasteiger partial charge in [0.05, 0.1) is 24.9 Å². The van der Waals surface area contributed by atoms with Crippen LogP contribution in [0.2, 0.25) is 0 Å². The van der Waals surface area contributed by atoms with Crippen molar-refractivity contribution in [2.45, 2.75) is 25.9 Å². The van der Waals surface area contributed by atoms with Gasteiger partial charge in [0.2, 0.25) is 5.91 Å². The largest absolute Gasteiger partial charge is 0.369 e. The molecule has 8 nitrogen and oxygen atoms in total. The van der Waals surface area contributed by atoms with Crippen LogP contribution in [0.5, 0.6) is 0 Å². The molecule has 0 aliphatic carbocycles. The van der Waals surface area contributed by atoms with Gasteiger partial charge in [0, 0.05) is 56.9 Å². The maximum absolute atomic E-state index is 11.2. The highest BCUT2D eigenvalue weighted by Crippen LogP contribution is 2.29. The van der Waals surface area contributed by atoms with E-state index in [1.54, 1.807) is 12.4 Å². The van der Waals surface area contributed by atoms with E-state index in [2.05, 4.69) is 43.9 Å². The summed E-state index contributed by atoms with van der Waals surface area (Å²) in [7, 11) is 1.97. The van der Waals surface area contributed by atoms with Gasteiger partial charge in [-0.25, -0.2) is 4.98 Å². The van der Waals surface area contributed by atoms with Crippen molar-refractivity contribution in [1.82, 2.24) is 24.6 Å². The fourth-order valence-corrected chi connectivity index (χ4v) is 3.97. The van der Waals surface area contributed by atoms with E-state index in [-0.39, 0.29) is 30.8 Å². The number of rotatable bonds is 6. The number of hydrogen-bond donors (Lipinski definition) is 1. The summed E-state index contributed by atoms with van der Waals surface area (Å²) in [5.41, 5.74) is 9.90. The molecule has 1 aliphatic rings. The summed E-state index contributed by atoms with van der Waals surface area (Å²) in [6.45, 7) is 5.54. The molecule has 31 heavy (non-hydrogen) atoms. The molecule has 0 radical (unpaired) electrons. The summed E-state index contributed by atoms with van der Waals surface area (Å²) >= 11 is 0. The maximum atomic E-state index is 11.2. The van der Waals surface area contributed by atoms with Crippen LogP contribution in [0.25, 0.3) is 0 Å². The van der Waals surface area contributed by atoms with Gasteiger partial charge in [-0.05, 0) is 18.1 Å². The first-order valence-electron chi connectivity index (χ1n) is 10.1. The Labute approximate surface area is 188 Å². The standard InChI is InChI=1S/C22H27N7O.ClH/c1-16-19(12-26-27(16)2)14-28-9-10-29(22-13-24-7-8-25-22)15-20(28)18-5-3-17(4-6-18)11-21(23)30;/h3-8,12-13,20H,9-11,14-15H2,1-2H3,(H2,23,30);1H. The van der Waals surface area contributed by atoms with Crippen molar-refractivity contribution in [2.24, 2.45) is 12.8 Å². The third-order valence-electron chi connectivity index (χ3n) is 5.82. The van der Waals surface area contributed by atoms with E-state index in [1.165, 1.54) is 16.8 Å². The van der Waals surface area contributed by atoms with Crippen molar-refractivity contribution in [3.8, 4) is 0 Å². The topological polar surface area (TPSA) is 93.2 Å². The smallest absolute Gasteiger partial charge is 0.221 e. The van der Waals surface area contributed by atoms with Crippen LogP contribution in [0.1, 0.15) is 28.4 Å². The third kappa shape index (κ3) is 5.21. The average molecular weight is 442 g/mol. The van der Waals surface area contributed by atoms with Crippen LogP contribution < -0.4 is 10.6 Å². The minimum atomic E-state index is -0.317. The second-order valence-corrected chi connectivity index (χ2v) is 7.76. The van der Waals surface area contributed by atoms with Gasteiger partial charge in [0.15, 0.2) is 0 Å². The molecule has 2 N–H and O–H groups in total. The number of nitrogens with zero attached hydrogens (tertiary/aromatic N) is 6. The quantitative estimate of drug-likeness (QED) is 0.629. The highest BCUT2D eigenvalue weighted by atomic mass is 35.5. The molecule has 0 saturated carbocycles. The number of aromatic nitrogens is 4. The normalized spacial score (nSPS) is 16.7. The van der Waals surface area contributed by atoms with Gasteiger partial charge in [-0.2, -0.15) is 5.10 Å². The second kappa shape index (κ2) is 9.89. The SMILES string of the molecule is Cc1c(CN2CCN(c3cnccn3)CC2c2ccc(CC(N)=O)cc2)cnn1C.Cl. The van der Waals surface area contributed by atoms with E-state index in [0.29, 0.717) is 0 Å². The fraction of sp³-hybridized carbons (Fsp3) is 0.364. The minimum absolute atomic E-state index is 0. The Morgan fingerprint density at radius 2 is 1.94 bits per heavy atom. The molecule has 0 bridgehead atoms. The van der Waals surface area contributed by atoms with Crippen molar-refractivity contribution in [3.05, 3.63) is 71.4 Å². The van der Waals surface area contributed by atoms with E-state index in [0.717, 1.165) is 37.6 Å². The Morgan fingerprint density at radius 1 is 1.16 bits per heavy atom. The van der Waals surface area contributed by atoms with Crippen LogP contribution in [0.3, 0.4) is 0 Å².